The van der Waals surface area contributed by atoms with Gasteiger partial charge in [-0.05, 0) is 6.92 Å². The van der Waals surface area contributed by atoms with Gasteiger partial charge in [0.15, 0.2) is 5.78 Å². The Bertz CT molecular complexity index is 209. The number of halogens is 1. The summed E-state index contributed by atoms with van der Waals surface area (Å²) in [6.07, 6.45) is 0. The fraction of sp³-hybridized carbons (Fsp3) is 0.667. The number of amides is 2. The predicted molar refractivity (Wildman–Crippen MR) is 47.3 cm³/mol. The van der Waals surface area contributed by atoms with Crippen molar-refractivity contribution < 1.29 is 9.59 Å². The first kappa shape index (κ1) is 11.8. The molecule has 7 heteroatoms. The molecule has 1 N–H and O–H groups in total. The van der Waals surface area contributed by atoms with Crippen LogP contribution in [0.5, 0.6) is 0 Å². The molecule has 74 valence electrons. The van der Waals surface area contributed by atoms with Crippen LogP contribution in [0, 0.1) is 4.91 Å². The molecule has 0 heterocycles. The van der Waals surface area contributed by atoms with E-state index in [0.29, 0.717) is 5.01 Å². The maximum atomic E-state index is 11.0. The van der Waals surface area contributed by atoms with Crippen LogP contribution in [0.2, 0.25) is 0 Å². The van der Waals surface area contributed by atoms with Crippen molar-refractivity contribution in [2.24, 2.45) is 5.29 Å². The van der Waals surface area contributed by atoms with Gasteiger partial charge in [0, 0.05) is 12.4 Å². The van der Waals surface area contributed by atoms with Crippen molar-refractivity contribution in [2.75, 3.05) is 19.0 Å². The average molecular weight is 208 g/mol. The summed E-state index contributed by atoms with van der Waals surface area (Å²) in [5.74, 6) is -0.0842. The summed E-state index contributed by atoms with van der Waals surface area (Å²) >= 11 is 5.29. The lowest BCUT2D eigenvalue weighted by Gasteiger charge is -2.11. The molecule has 0 saturated heterocycles. The van der Waals surface area contributed by atoms with Gasteiger partial charge in [-0.3, -0.25) is 4.79 Å². The molecule has 0 aromatic carbocycles. The second-order valence-electron chi connectivity index (χ2n) is 2.26. The fourth-order valence-corrected chi connectivity index (χ4v) is 0.689. The van der Waals surface area contributed by atoms with Crippen LogP contribution in [0.25, 0.3) is 0 Å². The van der Waals surface area contributed by atoms with Gasteiger partial charge < -0.3 is 5.32 Å². The van der Waals surface area contributed by atoms with Crippen LogP contribution in [0.4, 0.5) is 4.79 Å². The highest BCUT2D eigenvalue weighted by Gasteiger charge is 2.14. The lowest BCUT2D eigenvalue weighted by atomic mass is 10.4. The van der Waals surface area contributed by atoms with Gasteiger partial charge in [0.2, 0.25) is 0 Å². The molecule has 13 heavy (non-hydrogen) atoms. The van der Waals surface area contributed by atoms with Crippen molar-refractivity contribution in [1.29, 1.82) is 0 Å². The van der Waals surface area contributed by atoms with Crippen molar-refractivity contribution in [1.82, 2.24) is 10.3 Å². The van der Waals surface area contributed by atoms with E-state index in [0.717, 1.165) is 0 Å². The van der Waals surface area contributed by atoms with E-state index in [9.17, 15) is 14.5 Å². The summed E-state index contributed by atoms with van der Waals surface area (Å²) < 4.78 is 0. The largest absolute Gasteiger partial charge is 0.340 e. The summed E-state index contributed by atoms with van der Waals surface area (Å²) in [6.45, 7) is 1.16. The summed E-state index contributed by atoms with van der Waals surface area (Å²) in [7, 11) is 0. The van der Waals surface area contributed by atoms with Gasteiger partial charge in [0.1, 0.15) is 6.54 Å². The number of nitrogens with one attached hydrogen (secondary N) is 1. The van der Waals surface area contributed by atoms with Gasteiger partial charge in [-0.15, -0.1) is 16.5 Å². The highest BCUT2D eigenvalue weighted by Crippen LogP contribution is 1.90. The molecule has 0 unspecified atom stereocenters. The van der Waals surface area contributed by atoms with Crippen LogP contribution in [0.15, 0.2) is 5.29 Å². The first-order valence-electron chi connectivity index (χ1n) is 3.56. The van der Waals surface area contributed by atoms with Gasteiger partial charge in [0.25, 0.3) is 0 Å². The zero-order valence-electron chi connectivity index (χ0n) is 7.12. The van der Waals surface area contributed by atoms with Crippen molar-refractivity contribution in [3.8, 4) is 0 Å². The Morgan fingerprint density at radius 1 is 1.54 bits per heavy atom. The smallest absolute Gasteiger partial charge is 0.335 e. The van der Waals surface area contributed by atoms with Crippen LogP contribution < -0.4 is 5.32 Å². The minimum atomic E-state index is -0.717. The second kappa shape index (κ2) is 6.36. The summed E-state index contributed by atoms with van der Waals surface area (Å²) in [4.78, 5) is 31.6. The molecular weight excluding hydrogens is 198 g/mol. The van der Waals surface area contributed by atoms with Crippen LogP contribution in [-0.2, 0) is 4.79 Å². The van der Waals surface area contributed by atoms with Crippen LogP contribution in [0.1, 0.15) is 6.92 Å². The molecule has 2 amide bonds. The molecular formula is C6H10ClN3O3. The van der Waals surface area contributed by atoms with Crippen LogP contribution >= 0.6 is 11.6 Å². The fourth-order valence-electron chi connectivity index (χ4n) is 0.594. The number of carbonyl (C=O) groups is 2. The van der Waals surface area contributed by atoms with Gasteiger partial charge in [0.05, 0.1) is 5.29 Å². The molecule has 0 radical (unpaired) electrons. The van der Waals surface area contributed by atoms with Crippen molar-refractivity contribution in [3.63, 3.8) is 0 Å². The lowest BCUT2D eigenvalue weighted by molar-refractivity contribution is -0.117. The first-order valence-corrected chi connectivity index (χ1v) is 4.09. The molecule has 0 rings (SSSR count). The maximum absolute atomic E-state index is 11.0. The Labute approximate surface area is 80.2 Å². The topological polar surface area (TPSA) is 78.8 Å². The molecule has 0 atom stereocenters. The second-order valence-corrected chi connectivity index (χ2v) is 2.64. The standard InChI is InChI=1S/C6H10ClN3O3/c1-5(11)4-10(9-13)6(12)8-3-2-7/h2-4H2,1H3,(H,8,12). The SMILES string of the molecule is CC(=O)CN(N=O)C(=O)NCCCl. The highest BCUT2D eigenvalue weighted by molar-refractivity contribution is 6.18. The average Bonchev–Trinajstić information content (AvgIpc) is 2.09. The third-order valence-corrected chi connectivity index (χ3v) is 1.27. The van der Waals surface area contributed by atoms with Crippen molar-refractivity contribution in [2.45, 2.75) is 6.92 Å². The predicted octanol–water partition coefficient (Wildman–Crippen LogP) is 0.507. The molecule has 0 saturated carbocycles. The Hall–Kier alpha value is -1.17. The van der Waals surface area contributed by atoms with E-state index in [1.54, 1.807) is 0 Å². The van der Waals surface area contributed by atoms with Crippen LogP contribution in [0.3, 0.4) is 0 Å². The molecule has 0 aromatic rings. The maximum Gasteiger partial charge on any atom is 0.340 e. The number of alkyl halides is 1. The number of nitroso groups, excluding NO2 is 1. The Morgan fingerprint density at radius 2 is 2.15 bits per heavy atom. The number of urea groups is 1. The summed E-state index contributed by atoms with van der Waals surface area (Å²) in [5, 5.41) is 5.19. The monoisotopic (exact) mass is 207 g/mol. The number of ketones is 1. The highest BCUT2D eigenvalue weighted by atomic mass is 35.5. The van der Waals surface area contributed by atoms with E-state index in [1.807, 2.05) is 0 Å². The minimum absolute atomic E-state index is 0.227. The number of carbonyl (C=O) groups excluding carboxylic acids is 2. The zero-order chi connectivity index (χ0) is 10.3. The zero-order valence-corrected chi connectivity index (χ0v) is 7.87. The molecule has 0 aliphatic carbocycles. The number of hydrogen-bond acceptors (Lipinski definition) is 4. The van der Waals surface area contributed by atoms with E-state index < -0.39 is 6.03 Å². The molecule has 0 aromatic heterocycles. The Balaban J connectivity index is 3.99. The van der Waals surface area contributed by atoms with Gasteiger partial charge in [-0.2, -0.15) is 5.01 Å². The molecule has 6 nitrogen and oxygen atoms in total. The summed E-state index contributed by atoms with van der Waals surface area (Å²) in [5.41, 5.74) is 0. The third kappa shape index (κ3) is 5.13. The van der Waals surface area contributed by atoms with E-state index >= 15 is 0 Å². The van der Waals surface area contributed by atoms with Gasteiger partial charge >= 0.3 is 6.03 Å². The van der Waals surface area contributed by atoms with Gasteiger partial charge in [-0.1, -0.05) is 0 Å². The van der Waals surface area contributed by atoms with E-state index in [1.165, 1.54) is 6.92 Å². The minimum Gasteiger partial charge on any atom is -0.335 e. The molecule has 0 spiro atoms. The number of rotatable bonds is 5. The third-order valence-electron chi connectivity index (χ3n) is 1.08. The summed E-state index contributed by atoms with van der Waals surface area (Å²) in [6, 6.07) is -0.717. The van der Waals surface area contributed by atoms with Crippen molar-refractivity contribution >= 4 is 23.4 Å². The molecule has 0 aliphatic heterocycles. The number of hydrogen-bond donors (Lipinski definition) is 1. The number of Topliss-reactive ketones (excluding diaryl/α,β-unsaturated/α-hetero) is 1. The lowest BCUT2D eigenvalue weighted by Crippen LogP contribution is -2.39. The van der Waals surface area contributed by atoms with E-state index in [4.69, 9.17) is 11.6 Å². The van der Waals surface area contributed by atoms with Crippen molar-refractivity contribution in [3.05, 3.63) is 4.91 Å². The molecule has 0 fully saturated rings. The quantitative estimate of drug-likeness (QED) is 0.405. The molecule has 0 bridgehead atoms. The van der Waals surface area contributed by atoms with E-state index in [-0.39, 0.29) is 24.8 Å². The number of nitrogens with zero attached hydrogens (tertiary/aromatic N) is 2. The molecule has 0 aliphatic rings. The van der Waals surface area contributed by atoms with E-state index in [2.05, 4.69) is 10.6 Å². The first-order chi connectivity index (χ1) is 6.11. The Kier molecular flexibility index (Phi) is 5.79. The van der Waals surface area contributed by atoms with Crippen LogP contribution in [-0.4, -0.2) is 35.8 Å². The normalized spacial score (nSPS) is 9.08. The van der Waals surface area contributed by atoms with Gasteiger partial charge in [-0.25, -0.2) is 4.79 Å². The Morgan fingerprint density at radius 3 is 2.54 bits per heavy atom.